The van der Waals surface area contributed by atoms with Crippen LogP contribution in [0.3, 0.4) is 0 Å². The molecule has 28 heavy (non-hydrogen) atoms. The largest absolute Gasteiger partial charge is 0.397 e. The highest BCUT2D eigenvalue weighted by Crippen LogP contribution is 2.25. The van der Waals surface area contributed by atoms with E-state index in [4.69, 9.17) is 21.5 Å². The van der Waals surface area contributed by atoms with Crippen LogP contribution in [-0.2, 0) is 10.1 Å². The summed E-state index contributed by atoms with van der Waals surface area (Å²) in [6.07, 6.45) is 17.3. The molecular weight excluding hydrogens is 394 g/mol. The van der Waals surface area contributed by atoms with Crippen LogP contribution in [0.1, 0.15) is 96.8 Å². The molecule has 0 amide bonds. The van der Waals surface area contributed by atoms with E-state index < -0.39 is 10.1 Å². The fourth-order valence-corrected chi connectivity index (χ4v) is 4.39. The van der Waals surface area contributed by atoms with Gasteiger partial charge in [0.05, 0.1) is 16.5 Å². The minimum atomic E-state index is -3.58. The summed E-state index contributed by atoms with van der Waals surface area (Å²) in [5.74, 6) is 0.250. The van der Waals surface area contributed by atoms with Gasteiger partial charge in [-0.1, -0.05) is 102 Å². The van der Waals surface area contributed by atoms with Gasteiger partial charge in [0.15, 0.2) is 0 Å². The van der Waals surface area contributed by atoms with Crippen molar-refractivity contribution in [1.29, 1.82) is 0 Å². The third-order valence-corrected chi connectivity index (χ3v) is 6.52. The van der Waals surface area contributed by atoms with Crippen molar-refractivity contribution < 1.29 is 12.6 Å². The molecule has 1 aromatic carbocycles. The SMILES string of the molecule is CCCCCCCCCCCCCCCCS(=O)(=O)Oc1ccc(Cl)c(N)c1. The van der Waals surface area contributed by atoms with E-state index in [0.29, 0.717) is 17.1 Å². The van der Waals surface area contributed by atoms with E-state index in [0.717, 1.165) is 12.8 Å². The van der Waals surface area contributed by atoms with Gasteiger partial charge < -0.3 is 9.92 Å². The Balaban J connectivity index is 1.98. The van der Waals surface area contributed by atoms with Gasteiger partial charge in [0.2, 0.25) is 0 Å². The second kappa shape index (κ2) is 15.0. The monoisotopic (exact) mass is 431 g/mol. The van der Waals surface area contributed by atoms with Crippen LogP contribution in [0.15, 0.2) is 18.2 Å². The lowest BCUT2D eigenvalue weighted by Crippen LogP contribution is -2.14. The summed E-state index contributed by atoms with van der Waals surface area (Å²) in [4.78, 5) is 0. The van der Waals surface area contributed by atoms with Crippen molar-refractivity contribution in [3.05, 3.63) is 23.2 Å². The number of hydrogen-bond donors (Lipinski definition) is 1. The number of halogens is 1. The maximum absolute atomic E-state index is 12.0. The molecule has 0 radical (unpaired) electrons. The molecule has 162 valence electrons. The van der Waals surface area contributed by atoms with E-state index in [9.17, 15) is 8.42 Å². The van der Waals surface area contributed by atoms with Gasteiger partial charge in [-0.05, 0) is 18.6 Å². The highest BCUT2D eigenvalue weighted by molar-refractivity contribution is 7.87. The van der Waals surface area contributed by atoms with Gasteiger partial charge in [0, 0.05) is 6.07 Å². The molecule has 1 rings (SSSR count). The van der Waals surface area contributed by atoms with Crippen molar-refractivity contribution in [1.82, 2.24) is 0 Å². The molecular formula is C22H38ClNO3S. The molecule has 0 saturated carbocycles. The van der Waals surface area contributed by atoms with Gasteiger partial charge in [-0.25, -0.2) is 0 Å². The molecule has 0 saturated heterocycles. The van der Waals surface area contributed by atoms with Crippen LogP contribution in [0.2, 0.25) is 5.02 Å². The quantitative estimate of drug-likeness (QED) is 0.162. The van der Waals surface area contributed by atoms with Crippen LogP contribution >= 0.6 is 11.6 Å². The van der Waals surface area contributed by atoms with E-state index >= 15 is 0 Å². The Bertz CT molecular complexity index is 635. The maximum atomic E-state index is 12.0. The van der Waals surface area contributed by atoms with E-state index in [1.165, 1.54) is 88.8 Å². The first-order chi connectivity index (χ1) is 13.4. The average molecular weight is 432 g/mol. The second-order valence-corrected chi connectivity index (χ2v) is 9.72. The van der Waals surface area contributed by atoms with E-state index in [2.05, 4.69) is 6.92 Å². The topological polar surface area (TPSA) is 69.4 Å². The minimum Gasteiger partial charge on any atom is -0.397 e. The third kappa shape index (κ3) is 12.5. The van der Waals surface area contributed by atoms with Crippen LogP contribution in [0.5, 0.6) is 5.75 Å². The van der Waals surface area contributed by atoms with E-state index in [1.54, 1.807) is 0 Å². The lowest BCUT2D eigenvalue weighted by atomic mass is 10.0. The first kappa shape index (κ1) is 25.1. The second-order valence-electron chi connectivity index (χ2n) is 7.62. The normalized spacial score (nSPS) is 11.6. The lowest BCUT2D eigenvalue weighted by molar-refractivity contribution is 0.481. The molecule has 4 nitrogen and oxygen atoms in total. The van der Waals surface area contributed by atoms with Gasteiger partial charge in [-0.3, -0.25) is 0 Å². The van der Waals surface area contributed by atoms with Crippen molar-refractivity contribution in [2.45, 2.75) is 96.8 Å². The minimum absolute atomic E-state index is 0.0353. The standard InChI is InChI=1S/C22H38ClNO3S/c1-2-3-4-5-6-7-8-9-10-11-12-13-14-15-18-28(25,26)27-20-16-17-21(23)22(24)19-20/h16-17,19H,2-15,18,24H2,1H3. The number of rotatable bonds is 17. The first-order valence-electron chi connectivity index (χ1n) is 10.9. The summed E-state index contributed by atoms with van der Waals surface area (Å²) in [7, 11) is -3.58. The Morgan fingerprint density at radius 1 is 0.821 bits per heavy atom. The molecule has 0 aromatic heterocycles. The predicted molar refractivity (Wildman–Crippen MR) is 121 cm³/mol. The van der Waals surface area contributed by atoms with Gasteiger partial charge in [0.25, 0.3) is 0 Å². The molecule has 0 atom stereocenters. The number of unbranched alkanes of at least 4 members (excludes halogenated alkanes) is 13. The van der Waals surface area contributed by atoms with Crippen LogP contribution in [0.4, 0.5) is 5.69 Å². The number of anilines is 1. The van der Waals surface area contributed by atoms with E-state index in [1.807, 2.05) is 0 Å². The molecule has 0 aliphatic carbocycles. The highest BCUT2D eigenvalue weighted by Gasteiger charge is 2.13. The molecule has 0 bridgehead atoms. The summed E-state index contributed by atoms with van der Waals surface area (Å²) in [6, 6.07) is 4.49. The summed E-state index contributed by atoms with van der Waals surface area (Å²) >= 11 is 5.82. The number of nitrogens with two attached hydrogens (primary N) is 1. The molecule has 0 fully saturated rings. The highest BCUT2D eigenvalue weighted by atomic mass is 35.5. The third-order valence-electron chi connectivity index (χ3n) is 4.94. The van der Waals surface area contributed by atoms with Crippen molar-refractivity contribution in [3.8, 4) is 5.75 Å². The summed E-state index contributed by atoms with van der Waals surface area (Å²) in [6.45, 7) is 2.25. The molecule has 1 aromatic rings. The van der Waals surface area contributed by atoms with Crippen LogP contribution < -0.4 is 9.92 Å². The van der Waals surface area contributed by atoms with Crippen molar-refractivity contribution in [2.75, 3.05) is 11.5 Å². The molecule has 6 heteroatoms. The number of hydrogen-bond acceptors (Lipinski definition) is 4. The summed E-state index contributed by atoms with van der Waals surface area (Å²) < 4.78 is 29.1. The Morgan fingerprint density at radius 2 is 1.29 bits per heavy atom. The molecule has 2 N–H and O–H groups in total. The summed E-state index contributed by atoms with van der Waals surface area (Å²) in [5.41, 5.74) is 5.97. The number of benzene rings is 1. The lowest BCUT2D eigenvalue weighted by Gasteiger charge is -2.08. The molecule has 0 aliphatic rings. The van der Waals surface area contributed by atoms with Gasteiger partial charge in [-0.2, -0.15) is 8.42 Å². The smallest absolute Gasteiger partial charge is 0.309 e. The summed E-state index contributed by atoms with van der Waals surface area (Å²) in [5, 5.41) is 0.386. The molecule has 0 spiro atoms. The van der Waals surface area contributed by atoms with Crippen molar-refractivity contribution in [2.24, 2.45) is 0 Å². The van der Waals surface area contributed by atoms with Crippen molar-refractivity contribution in [3.63, 3.8) is 0 Å². The molecule has 0 unspecified atom stereocenters. The van der Waals surface area contributed by atoms with Crippen LogP contribution in [-0.4, -0.2) is 14.2 Å². The number of nitrogen functional groups attached to an aromatic ring is 1. The van der Waals surface area contributed by atoms with Gasteiger partial charge >= 0.3 is 10.1 Å². The zero-order valence-electron chi connectivity index (χ0n) is 17.4. The van der Waals surface area contributed by atoms with Crippen molar-refractivity contribution >= 4 is 27.4 Å². The average Bonchev–Trinajstić information content (AvgIpc) is 2.65. The van der Waals surface area contributed by atoms with Gasteiger partial charge in [-0.15, -0.1) is 0 Å². The molecule has 0 heterocycles. The Kier molecular flexibility index (Phi) is 13.4. The fraction of sp³-hybridized carbons (Fsp3) is 0.727. The van der Waals surface area contributed by atoms with E-state index in [-0.39, 0.29) is 11.5 Å². The zero-order valence-corrected chi connectivity index (χ0v) is 19.0. The zero-order chi connectivity index (χ0) is 20.7. The van der Waals surface area contributed by atoms with Crippen LogP contribution in [0, 0.1) is 0 Å². The Labute approximate surface area is 177 Å². The fourth-order valence-electron chi connectivity index (χ4n) is 3.24. The molecule has 0 aliphatic heterocycles. The van der Waals surface area contributed by atoms with Crippen LogP contribution in [0.25, 0.3) is 0 Å². The maximum Gasteiger partial charge on any atom is 0.309 e. The first-order valence-corrected chi connectivity index (χ1v) is 12.9. The Morgan fingerprint density at radius 3 is 1.75 bits per heavy atom. The van der Waals surface area contributed by atoms with Gasteiger partial charge in [0.1, 0.15) is 5.75 Å². The predicted octanol–water partition coefficient (Wildman–Crippen LogP) is 7.11. The Hall–Kier alpha value is -0.940.